The molecule has 13 heteroatoms. The highest BCUT2D eigenvalue weighted by Crippen LogP contribution is 2.36. The van der Waals surface area contributed by atoms with E-state index in [2.05, 4.69) is 25.8 Å². The quantitative estimate of drug-likeness (QED) is 0.242. The summed E-state index contributed by atoms with van der Waals surface area (Å²) in [6, 6.07) is 7.00. The predicted molar refractivity (Wildman–Crippen MR) is 122 cm³/mol. The summed E-state index contributed by atoms with van der Waals surface area (Å²) in [4.78, 5) is 20.9. The SMILES string of the molecule is COc1ccc(CN/N=C/c2nccnc2C(C)NC(=O)c2cc(C(F)(F)F)cc(C(F)(F)F)c2)cc1. The smallest absolute Gasteiger partial charge is 0.416 e. The number of alkyl halides is 6. The summed E-state index contributed by atoms with van der Waals surface area (Å²) in [6.07, 6.45) is -6.12. The Balaban J connectivity index is 1.74. The molecule has 0 saturated carbocycles. The van der Waals surface area contributed by atoms with E-state index in [1.165, 1.54) is 25.5 Å². The first-order valence-corrected chi connectivity index (χ1v) is 10.7. The topological polar surface area (TPSA) is 88.5 Å². The van der Waals surface area contributed by atoms with Crippen LogP contribution >= 0.6 is 0 Å². The highest BCUT2D eigenvalue weighted by atomic mass is 19.4. The first-order valence-electron chi connectivity index (χ1n) is 10.7. The zero-order valence-electron chi connectivity index (χ0n) is 19.5. The molecule has 1 amide bonds. The number of aromatic nitrogens is 2. The van der Waals surface area contributed by atoms with Gasteiger partial charge in [-0.2, -0.15) is 31.4 Å². The third kappa shape index (κ3) is 7.41. The van der Waals surface area contributed by atoms with Gasteiger partial charge in [-0.15, -0.1) is 0 Å². The van der Waals surface area contributed by atoms with Gasteiger partial charge in [0.05, 0.1) is 42.7 Å². The lowest BCUT2D eigenvalue weighted by atomic mass is 10.0. The standard InChI is InChI=1S/C24H21F6N5O2/c1-14(35-22(36)16-9-17(23(25,26)27)11-18(10-16)24(28,29)30)21-20(31-7-8-32-21)13-34-33-12-15-3-5-19(37-2)6-4-15/h3-11,13-14,33H,12H2,1-2H3,(H,35,36)/b34-13+. The Labute approximate surface area is 207 Å². The molecular weight excluding hydrogens is 504 g/mol. The van der Waals surface area contributed by atoms with Gasteiger partial charge in [-0.3, -0.25) is 14.8 Å². The van der Waals surface area contributed by atoms with Crippen LogP contribution in [0.15, 0.2) is 60.0 Å². The lowest BCUT2D eigenvalue weighted by molar-refractivity contribution is -0.143. The Morgan fingerprint density at radius 1 is 1.00 bits per heavy atom. The Morgan fingerprint density at radius 2 is 1.59 bits per heavy atom. The van der Waals surface area contributed by atoms with Crippen LogP contribution in [0.1, 0.15) is 51.4 Å². The second kappa shape index (κ2) is 11.3. The van der Waals surface area contributed by atoms with E-state index < -0.39 is 41.0 Å². The van der Waals surface area contributed by atoms with Gasteiger partial charge in [0.25, 0.3) is 5.91 Å². The molecule has 0 aliphatic rings. The van der Waals surface area contributed by atoms with Gasteiger partial charge in [0.1, 0.15) is 11.4 Å². The molecule has 1 atom stereocenters. The average Bonchev–Trinajstić information content (AvgIpc) is 2.85. The number of hydrazone groups is 1. The summed E-state index contributed by atoms with van der Waals surface area (Å²) in [7, 11) is 1.55. The molecular formula is C24H21F6N5O2. The number of methoxy groups -OCH3 is 1. The number of nitrogens with zero attached hydrogens (tertiary/aromatic N) is 3. The minimum atomic E-state index is -5.07. The zero-order chi connectivity index (χ0) is 27.2. The van der Waals surface area contributed by atoms with Crippen molar-refractivity contribution in [3.8, 4) is 5.75 Å². The van der Waals surface area contributed by atoms with Crippen LogP contribution in [0.25, 0.3) is 0 Å². The molecule has 0 saturated heterocycles. The maximum Gasteiger partial charge on any atom is 0.416 e. The van der Waals surface area contributed by atoms with E-state index in [4.69, 9.17) is 4.74 Å². The first-order chi connectivity index (χ1) is 17.4. The van der Waals surface area contributed by atoms with Crippen molar-refractivity contribution in [3.63, 3.8) is 0 Å². The zero-order valence-corrected chi connectivity index (χ0v) is 19.5. The summed E-state index contributed by atoms with van der Waals surface area (Å²) >= 11 is 0. The van der Waals surface area contributed by atoms with E-state index in [0.717, 1.165) is 5.56 Å². The van der Waals surface area contributed by atoms with Crippen molar-refractivity contribution in [2.45, 2.75) is 31.9 Å². The van der Waals surface area contributed by atoms with Gasteiger partial charge in [0.2, 0.25) is 0 Å². The maximum absolute atomic E-state index is 13.1. The molecule has 7 nitrogen and oxygen atoms in total. The Hall–Kier alpha value is -4.16. The summed E-state index contributed by atoms with van der Waals surface area (Å²) in [5, 5.41) is 6.43. The highest BCUT2D eigenvalue weighted by molar-refractivity contribution is 5.95. The van der Waals surface area contributed by atoms with Crippen molar-refractivity contribution < 1.29 is 35.9 Å². The molecule has 0 radical (unpaired) electrons. The number of carbonyl (C=O) groups is 1. The van der Waals surface area contributed by atoms with Crippen LogP contribution < -0.4 is 15.5 Å². The van der Waals surface area contributed by atoms with Gasteiger partial charge in [0, 0.05) is 18.0 Å². The van der Waals surface area contributed by atoms with Gasteiger partial charge in [0.15, 0.2) is 0 Å². The Bertz CT molecular complexity index is 1230. The van der Waals surface area contributed by atoms with Crippen LogP contribution in [-0.4, -0.2) is 29.2 Å². The number of amides is 1. The second-order valence-corrected chi connectivity index (χ2v) is 7.76. The minimum absolute atomic E-state index is 0.0452. The molecule has 1 heterocycles. The van der Waals surface area contributed by atoms with E-state index in [1.807, 2.05) is 12.1 Å². The van der Waals surface area contributed by atoms with Crippen LogP contribution in [0, 0.1) is 0 Å². The van der Waals surface area contributed by atoms with E-state index in [9.17, 15) is 31.1 Å². The van der Waals surface area contributed by atoms with Gasteiger partial charge < -0.3 is 15.5 Å². The third-order valence-electron chi connectivity index (χ3n) is 5.08. The lowest BCUT2D eigenvalue weighted by Gasteiger charge is -2.17. The summed E-state index contributed by atoms with van der Waals surface area (Å²) in [5.74, 6) is -0.442. The highest BCUT2D eigenvalue weighted by Gasteiger charge is 2.37. The largest absolute Gasteiger partial charge is 0.497 e. The third-order valence-corrected chi connectivity index (χ3v) is 5.08. The first kappa shape index (κ1) is 27.4. The molecule has 3 rings (SSSR count). The molecule has 196 valence electrons. The van der Waals surface area contributed by atoms with Crippen molar-refractivity contribution >= 4 is 12.1 Å². The van der Waals surface area contributed by atoms with Crippen LogP contribution in [-0.2, 0) is 18.9 Å². The number of hydrogen-bond donors (Lipinski definition) is 2. The molecule has 2 N–H and O–H groups in total. The van der Waals surface area contributed by atoms with Crippen LogP contribution in [0.2, 0.25) is 0 Å². The fourth-order valence-electron chi connectivity index (χ4n) is 3.21. The lowest BCUT2D eigenvalue weighted by Crippen LogP contribution is -2.29. The fraction of sp³-hybridized carbons (Fsp3) is 0.250. The van der Waals surface area contributed by atoms with Gasteiger partial charge in [-0.25, -0.2) is 0 Å². The van der Waals surface area contributed by atoms with E-state index >= 15 is 0 Å². The molecule has 1 aromatic heterocycles. The monoisotopic (exact) mass is 525 g/mol. The van der Waals surface area contributed by atoms with Crippen molar-refractivity contribution in [1.82, 2.24) is 20.7 Å². The molecule has 37 heavy (non-hydrogen) atoms. The summed E-state index contributed by atoms with van der Waals surface area (Å²) in [6.45, 7) is 1.84. The molecule has 0 bridgehead atoms. The summed E-state index contributed by atoms with van der Waals surface area (Å²) in [5.41, 5.74) is 0.200. The number of hydrogen-bond acceptors (Lipinski definition) is 6. The molecule has 0 fully saturated rings. The number of benzene rings is 2. The molecule has 0 aliphatic heterocycles. The van der Waals surface area contributed by atoms with Crippen LogP contribution in [0.3, 0.4) is 0 Å². The fourth-order valence-corrected chi connectivity index (χ4v) is 3.21. The molecule has 1 unspecified atom stereocenters. The van der Waals surface area contributed by atoms with E-state index in [0.29, 0.717) is 24.4 Å². The second-order valence-electron chi connectivity index (χ2n) is 7.76. The maximum atomic E-state index is 13.1. The number of carbonyl (C=O) groups excluding carboxylic acids is 1. The van der Waals surface area contributed by atoms with Crippen LogP contribution in [0.5, 0.6) is 5.75 Å². The van der Waals surface area contributed by atoms with Crippen molar-refractivity contribution in [1.29, 1.82) is 0 Å². The van der Waals surface area contributed by atoms with Gasteiger partial charge >= 0.3 is 12.4 Å². The minimum Gasteiger partial charge on any atom is -0.497 e. The van der Waals surface area contributed by atoms with E-state index in [-0.39, 0.29) is 17.5 Å². The molecule has 0 aliphatic carbocycles. The van der Waals surface area contributed by atoms with Gasteiger partial charge in [-0.1, -0.05) is 12.1 Å². The normalized spacial score (nSPS) is 12.9. The summed E-state index contributed by atoms with van der Waals surface area (Å²) < 4.78 is 83.8. The predicted octanol–water partition coefficient (Wildman–Crippen LogP) is 5.14. The van der Waals surface area contributed by atoms with Crippen LogP contribution in [0.4, 0.5) is 26.3 Å². The Kier molecular flexibility index (Phi) is 8.35. The molecule has 2 aromatic carbocycles. The molecule has 0 spiro atoms. The average molecular weight is 525 g/mol. The van der Waals surface area contributed by atoms with Crippen molar-refractivity contribution in [2.24, 2.45) is 5.10 Å². The van der Waals surface area contributed by atoms with Gasteiger partial charge in [-0.05, 0) is 42.8 Å². The number of halogens is 6. The number of rotatable bonds is 8. The van der Waals surface area contributed by atoms with E-state index in [1.54, 1.807) is 19.2 Å². The number of nitrogens with one attached hydrogen (secondary N) is 2. The molecule has 3 aromatic rings. The van der Waals surface area contributed by atoms with Crippen molar-refractivity contribution in [3.05, 3.63) is 88.5 Å². The van der Waals surface area contributed by atoms with Crippen molar-refractivity contribution in [2.75, 3.05) is 7.11 Å². The Morgan fingerprint density at radius 3 is 2.16 bits per heavy atom. The number of ether oxygens (including phenoxy) is 1.